The van der Waals surface area contributed by atoms with Gasteiger partial charge < -0.3 is 9.47 Å². The molecule has 0 radical (unpaired) electrons. The number of primary sulfonamides is 1. The van der Waals surface area contributed by atoms with Crippen molar-refractivity contribution >= 4 is 10.0 Å². The van der Waals surface area contributed by atoms with Gasteiger partial charge >= 0.3 is 6.18 Å². The summed E-state index contributed by atoms with van der Waals surface area (Å²) in [4.78, 5) is -0.377. The molecule has 0 unspecified atom stereocenters. The molecule has 0 amide bonds. The number of alkyl halides is 3. The fourth-order valence-corrected chi connectivity index (χ4v) is 4.05. The Hall–Kier alpha value is -3.18. The number of hydrogen-bond donors (Lipinski definition) is 1. The summed E-state index contributed by atoms with van der Waals surface area (Å²) in [5, 5.41) is 5.25. The van der Waals surface area contributed by atoms with E-state index in [2.05, 4.69) is 0 Å². The third-order valence-electron chi connectivity index (χ3n) is 4.64. The summed E-state index contributed by atoms with van der Waals surface area (Å²) in [6, 6.07) is 8.74. The van der Waals surface area contributed by atoms with Gasteiger partial charge in [-0.15, -0.1) is 0 Å². The zero-order valence-corrected chi connectivity index (χ0v) is 17.4. The Kier molecular flexibility index (Phi) is 6.16. The van der Waals surface area contributed by atoms with Crippen molar-refractivity contribution in [2.75, 3.05) is 14.2 Å². The maximum Gasteiger partial charge on any atom is 0.423 e. The number of hydrogen-bond acceptors (Lipinski definition) is 4. The van der Waals surface area contributed by atoms with E-state index in [9.17, 15) is 30.4 Å². The van der Waals surface area contributed by atoms with Crippen LogP contribution in [0.1, 0.15) is 5.56 Å². The minimum absolute atomic E-state index is 0.0372. The van der Waals surface area contributed by atoms with Crippen LogP contribution in [0.4, 0.5) is 22.0 Å². The topological polar surface area (TPSA) is 78.6 Å². The fraction of sp³-hybridized carbons (Fsp3) is 0.143. The molecule has 3 aromatic rings. The van der Waals surface area contributed by atoms with Gasteiger partial charge in [-0.05, 0) is 47.0 Å². The van der Waals surface area contributed by atoms with Gasteiger partial charge in [0.2, 0.25) is 10.0 Å². The molecule has 5 nitrogen and oxygen atoms in total. The van der Waals surface area contributed by atoms with Crippen LogP contribution < -0.4 is 14.6 Å². The normalized spacial score (nSPS) is 12.0. The molecule has 11 heteroatoms. The number of benzene rings is 3. The predicted molar refractivity (Wildman–Crippen MR) is 107 cm³/mol. The lowest BCUT2D eigenvalue weighted by molar-refractivity contribution is -0.139. The molecule has 0 aliphatic heterocycles. The lowest BCUT2D eigenvalue weighted by Gasteiger charge is -2.19. The van der Waals surface area contributed by atoms with Crippen LogP contribution in [0, 0.1) is 11.6 Å². The summed E-state index contributed by atoms with van der Waals surface area (Å²) >= 11 is 0. The van der Waals surface area contributed by atoms with Crippen LogP contribution in [-0.4, -0.2) is 22.6 Å². The van der Waals surface area contributed by atoms with Crippen LogP contribution in [0.5, 0.6) is 11.5 Å². The molecule has 0 spiro atoms. The molecule has 32 heavy (non-hydrogen) atoms. The molecule has 0 aliphatic carbocycles. The Morgan fingerprint density at radius 3 is 1.78 bits per heavy atom. The number of halogens is 5. The molecule has 0 saturated carbocycles. The summed E-state index contributed by atoms with van der Waals surface area (Å²) in [6.45, 7) is 0. The van der Waals surface area contributed by atoms with E-state index in [1.54, 1.807) is 0 Å². The average molecular weight is 473 g/mol. The monoisotopic (exact) mass is 473 g/mol. The van der Waals surface area contributed by atoms with Gasteiger partial charge in [-0.25, -0.2) is 22.3 Å². The third-order valence-corrected chi connectivity index (χ3v) is 5.61. The third kappa shape index (κ3) is 4.39. The van der Waals surface area contributed by atoms with Crippen LogP contribution in [0.15, 0.2) is 53.4 Å². The van der Waals surface area contributed by atoms with Gasteiger partial charge in [0, 0.05) is 5.56 Å². The molecule has 0 heterocycles. The van der Waals surface area contributed by atoms with E-state index in [4.69, 9.17) is 14.6 Å². The standard InChI is InChI=1S/C21H16F5NO4S/c1-30-17-7-11(8-18(31-2)20(17)21(24,25)26)13-9-15(22)16(23)10-14(13)12-5-3-4-6-19(12)32(27,28)29/h3-10H,1-2H3,(H2,27,28,29). The maximum absolute atomic E-state index is 14.2. The molecule has 0 fully saturated rings. The van der Waals surface area contributed by atoms with Crippen molar-refractivity contribution in [3.63, 3.8) is 0 Å². The van der Waals surface area contributed by atoms with Crippen molar-refractivity contribution in [3.05, 3.63) is 65.7 Å². The first-order valence-electron chi connectivity index (χ1n) is 8.83. The van der Waals surface area contributed by atoms with Crippen molar-refractivity contribution < 1.29 is 39.8 Å². The molecule has 3 rings (SSSR count). The minimum atomic E-state index is -4.83. The van der Waals surface area contributed by atoms with E-state index in [0.717, 1.165) is 38.5 Å². The summed E-state index contributed by atoms with van der Waals surface area (Å²) in [7, 11) is -2.25. The number of methoxy groups -OCH3 is 2. The lowest BCUT2D eigenvalue weighted by atomic mass is 9.93. The minimum Gasteiger partial charge on any atom is -0.496 e. The van der Waals surface area contributed by atoms with Gasteiger partial charge in [-0.2, -0.15) is 13.2 Å². The van der Waals surface area contributed by atoms with Crippen LogP contribution in [0.25, 0.3) is 22.3 Å². The highest BCUT2D eigenvalue weighted by Gasteiger charge is 2.39. The van der Waals surface area contributed by atoms with E-state index in [1.165, 1.54) is 24.3 Å². The molecule has 0 aliphatic rings. The second kappa shape index (κ2) is 8.40. The highest BCUT2D eigenvalue weighted by molar-refractivity contribution is 7.89. The Balaban J connectivity index is 2.41. The van der Waals surface area contributed by atoms with E-state index in [-0.39, 0.29) is 27.1 Å². The van der Waals surface area contributed by atoms with Crippen molar-refractivity contribution in [2.45, 2.75) is 11.1 Å². The predicted octanol–water partition coefficient (Wildman–Crippen LogP) is 4.98. The molecular formula is C21H16F5NO4S. The van der Waals surface area contributed by atoms with Crippen LogP contribution in [0.3, 0.4) is 0 Å². The smallest absolute Gasteiger partial charge is 0.423 e. The zero-order valence-electron chi connectivity index (χ0n) is 16.6. The molecule has 3 aromatic carbocycles. The summed E-state index contributed by atoms with van der Waals surface area (Å²) < 4.78 is 103. The van der Waals surface area contributed by atoms with E-state index >= 15 is 0 Å². The van der Waals surface area contributed by atoms with Gasteiger partial charge in [0.15, 0.2) is 11.6 Å². The van der Waals surface area contributed by atoms with Crippen molar-refractivity contribution in [1.29, 1.82) is 0 Å². The Bertz CT molecular complexity index is 1260. The Morgan fingerprint density at radius 1 is 0.812 bits per heavy atom. The van der Waals surface area contributed by atoms with Gasteiger partial charge in [-0.3, -0.25) is 0 Å². The molecule has 170 valence electrons. The fourth-order valence-electron chi connectivity index (χ4n) is 3.29. The largest absolute Gasteiger partial charge is 0.496 e. The first-order valence-corrected chi connectivity index (χ1v) is 10.4. The quantitative estimate of drug-likeness (QED) is 0.530. The van der Waals surface area contributed by atoms with Crippen molar-refractivity contribution in [2.24, 2.45) is 5.14 Å². The molecule has 0 aromatic heterocycles. The van der Waals surface area contributed by atoms with Crippen LogP contribution >= 0.6 is 0 Å². The Morgan fingerprint density at radius 2 is 1.31 bits per heavy atom. The number of nitrogens with two attached hydrogens (primary N) is 1. The molecule has 0 bridgehead atoms. The summed E-state index contributed by atoms with van der Waals surface area (Å²) in [6.07, 6.45) is -4.83. The van der Waals surface area contributed by atoms with E-state index in [1.807, 2.05) is 0 Å². The number of ether oxygens (including phenoxy) is 2. The summed E-state index contributed by atoms with van der Waals surface area (Å²) in [5.74, 6) is -3.84. The highest BCUT2D eigenvalue weighted by atomic mass is 32.2. The summed E-state index contributed by atoms with van der Waals surface area (Å²) in [5.41, 5.74) is -1.52. The molecule has 2 N–H and O–H groups in total. The van der Waals surface area contributed by atoms with Gasteiger partial charge in [0.05, 0.1) is 19.1 Å². The molecule has 0 saturated heterocycles. The van der Waals surface area contributed by atoms with Crippen molar-refractivity contribution in [1.82, 2.24) is 0 Å². The SMILES string of the molecule is COc1cc(-c2cc(F)c(F)cc2-c2ccccc2S(N)(=O)=O)cc(OC)c1C(F)(F)F. The number of sulfonamides is 1. The van der Waals surface area contributed by atoms with Crippen LogP contribution in [-0.2, 0) is 16.2 Å². The first-order chi connectivity index (χ1) is 14.9. The number of rotatable bonds is 5. The zero-order chi connectivity index (χ0) is 23.8. The average Bonchev–Trinajstić information content (AvgIpc) is 2.73. The van der Waals surface area contributed by atoms with Crippen molar-refractivity contribution in [3.8, 4) is 33.8 Å². The molecular weight excluding hydrogens is 457 g/mol. The maximum atomic E-state index is 14.2. The van der Waals surface area contributed by atoms with E-state index in [0.29, 0.717) is 0 Å². The van der Waals surface area contributed by atoms with Gasteiger partial charge in [0.25, 0.3) is 0 Å². The first kappa shape index (κ1) is 23.5. The second-order valence-electron chi connectivity index (χ2n) is 6.61. The van der Waals surface area contributed by atoms with E-state index < -0.39 is 44.9 Å². The van der Waals surface area contributed by atoms with Gasteiger partial charge in [-0.1, -0.05) is 18.2 Å². The highest BCUT2D eigenvalue weighted by Crippen LogP contribution is 2.46. The molecule has 0 atom stereocenters. The van der Waals surface area contributed by atoms with Gasteiger partial charge in [0.1, 0.15) is 17.1 Å². The lowest BCUT2D eigenvalue weighted by Crippen LogP contribution is -2.13. The Labute approximate surface area is 180 Å². The van der Waals surface area contributed by atoms with Crippen LogP contribution in [0.2, 0.25) is 0 Å². The second-order valence-corrected chi connectivity index (χ2v) is 8.14.